The third-order valence-corrected chi connectivity index (χ3v) is 6.01. The number of nitrogens with one attached hydrogen (secondary N) is 2. The van der Waals surface area contributed by atoms with Gasteiger partial charge in [0.25, 0.3) is 0 Å². The van der Waals surface area contributed by atoms with Gasteiger partial charge < -0.3 is 10.6 Å². The van der Waals surface area contributed by atoms with E-state index in [0.717, 1.165) is 9.87 Å². The van der Waals surface area contributed by atoms with Crippen molar-refractivity contribution in [2.45, 2.75) is 17.2 Å². The van der Waals surface area contributed by atoms with Crippen LogP contribution < -0.4 is 10.6 Å². The molecule has 7 nitrogen and oxygen atoms in total. The lowest BCUT2D eigenvalue weighted by Gasteiger charge is -2.24. The van der Waals surface area contributed by atoms with E-state index in [9.17, 15) is 18.0 Å². The number of amides is 2. The number of fused-ring (bicyclic) bond motifs is 1. The smallest absolute Gasteiger partial charge is 0.242 e. The highest BCUT2D eigenvalue weighted by Crippen LogP contribution is 2.33. The molecule has 1 aliphatic rings. The summed E-state index contributed by atoms with van der Waals surface area (Å²) in [7, 11) is -0.714. The number of carbonyl (C=O) groups is 2. The number of carbonyl (C=O) groups excluding carboxylic acids is 2. The Morgan fingerprint density at radius 1 is 1.15 bits per heavy atom. The van der Waals surface area contributed by atoms with E-state index in [4.69, 9.17) is 0 Å². The Hall–Kier alpha value is -2.71. The van der Waals surface area contributed by atoms with Crippen LogP contribution in [0, 0.1) is 0 Å². The maximum absolute atomic E-state index is 12.7. The van der Waals surface area contributed by atoms with Gasteiger partial charge >= 0.3 is 0 Å². The SMILES string of the molecule is CN(C)S(=O)(=O)c1cccc(NC(=O)C2CC(=O)Nc3ccccc32)c1. The quantitative estimate of drug-likeness (QED) is 0.857. The maximum Gasteiger partial charge on any atom is 0.242 e. The second-order valence-corrected chi connectivity index (χ2v) is 8.35. The third kappa shape index (κ3) is 3.47. The van der Waals surface area contributed by atoms with Crippen molar-refractivity contribution in [1.29, 1.82) is 0 Å². The van der Waals surface area contributed by atoms with Crippen LogP contribution in [0.2, 0.25) is 0 Å². The average molecular weight is 373 g/mol. The summed E-state index contributed by atoms with van der Waals surface area (Å²) in [5.41, 5.74) is 1.72. The van der Waals surface area contributed by atoms with Gasteiger partial charge in [-0.2, -0.15) is 0 Å². The van der Waals surface area contributed by atoms with E-state index < -0.39 is 15.9 Å². The van der Waals surface area contributed by atoms with Gasteiger partial charge in [0.05, 0.1) is 10.8 Å². The van der Waals surface area contributed by atoms with Crippen molar-refractivity contribution in [3.63, 3.8) is 0 Å². The van der Waals surface area contributed by atoms with Crippen molar-refractivity contribution in [1.82, 2.24) is 4.31 Å². The lowest BCUT2D eigenvalue weighted by Crippen LogP contribution is -2.30. The minimum Gasteiger partial charge on any atom is -0.326 e. The van der Waals surface area contributed by atoms with Crippen LogP contribution in [-0.4, -0.2) is 38.6 Å². The first-order chi connectivity index (χ1) is 12.3. The Morgan fingerprint density at radius 3 is 2.62 bits per heavy atom. The van der Waals surface area contributed by atoms with Crippen molar-refractivity contribution in [3.05, 3.63) is 54.1 Å². The van der Waals surface area contributed by atoms with E-state index in [1.165, 1.54) is 26.2 Å². The van der Waals surface area contributed by atoms with Crippen LogP contribution in [0.15, 0.2) is 53.4 Å². The Bertz CT molecular complexity index is 970. The zero-order chi connectivity index (χ0) is 18.9. The monoisotopic (exact) mass is 373 g/mol. The van der Waals surface area contributed by atoms with Gasteiger partial charge in [0.15, 0.2) is 0 Å². The van der Waals surface area contributed by atoms with Crippen LogP contribution in [0.5, 0.6) is 0 Å². The first kappa shape index (κ1) is 18.1. The number of benzene rings is 2. The zero-order valence-electron chi connectivity index (χ0n) is 14.4. The standard InChI is InChI=1S/C18H19N3O4S/c1-21(2)26(24,25)13-7-5-6-12(10-13)19-18(23)15-11-17(22)20-16-9-4-3-8-14(15)16/h3-10,15H,11H2,1-2H3,(H,19,23)(H,20,22). The minimum atomic E-state index is -3.60. The normalized spacial score (nSPS) is 16.7. The number of anilines is 2. The Balaban J connectivity index is 1.87. The van der Waals surface area contributed by atoms with Crippen LogP contribution in [0.1, 0.15) is 17.9 Å². The predicted molar refractivity (Wildman–Crippen MR) is 98.4 cm³/mol. The lowest BCUT2D eigenvalue weighted by atomic mass is 9.90. The van der Waals surface area contributed by atoms with Gasteiger partial charge in [-0.1, -0.05) is 24.3 Å². The molecule has 0 radical (unpaired) electrons. The lowest BCUT2D eigenvalue weighted by molar-refractivity contribution is -0.123. The van der Waals surface area contributed by atoms with Crippen LogP contribution >= 0.6 is 0 Å². The van der Waals surface area contributed by atoms with E-state index in [0.29, 0.717) is 11.4 Å². The van der Waals surface area contributed by atoms with Crippen molar-refractivity contribution in [2.24, 2.45) is 0 Å². The van der Waals surface area contributed by atoms with Gasteiger partial charge in [0.1, 0.15) is 0 Å². The zero-order valence-corrected chi connectivity index (χ0v) is 15.2. The molecule has 136 valence electrons. The first-order valence-corrected chi connectivity index (χ1v) is 9.45. The topological polar surface area (TPSA) is 95.6 Å². The molecule has 1 atom stereocenters. The Labute approximate surface area is 152 Å². The molecule has 3 rings (SSSR count). The molecule has 0 aromatic heterocycles. The number of para-hydroxylation sites is 1. The molecule has 0 aliphatic carbocycles. The van der Waals surface area contributed by atoms with Gasteiger partial charge in [0, 0.05) is 31.9 Å². The molecule has 2 amide bonds. The van der Waals surface area contributed by atoms with Crippen LogP contribution in [-0.2, 0) is 19.6 Å². The highest BCUT2D eigenvalue weighted by Gasteiger charge is 2.30. The highest BCUT2D eigenvalue weighted by atomic mass is 32.2. The van der Waals surface area contributed by atoms with Crippen molar-refractivity contribution >= 4 is 33.2 Å². The molecule has 2 aromatic carbocycles. The molecule has 0 spiro atoms. The fraction of sp³-hybridized carbons (Fsp3) is 0.222. The van der Waals surface area contributed by atoms with E-state index in [-0.39, 0.29) is 23.1 Å². The van der Waals surface area contributed by atoms with E-state index in [1.807, 2.05) is 0 Å². The summed E-state index contributed by atoms with van der Waals surface area (Å²) in [6, 6.07) is 13.2. The molecule has 8 heteroatoms. The Morgan fingerprint density at radius 2 is 1.88 bits per heavy atom. The number of nitrogens with zero attached hydrogens (tertiary/aromatic N) is 1. The first-order valence-electron chi connectivity index (χ1n) is 8.01. The maximum atomic E-state index is 12.7. The van der Waals surface area contributed by atoms with Crippen LogP contribution in [0.3, 0.4) is 0 Å². The van der Waals surface area contributed by atoms with E-state index in [2.05, 4.69) is 10.6 Å². The van der Waals surface area contributed by atoms with Crippen molar-refractivity contribution in [2.75, 3.05) is 24.7 Å². The van der Waals surface area contributed by atoms with Crippen LogP contribution in [0.4, 0.5) is 11.4 Å². The Kier molecular flexibility index (Phi) is 4.80. The van der Waals surface area contributed by atoms with Gasteiger partial charge in [-0.05, 0) is 29.8 Å². The van der Waals surface area contributed by atoms with Gasteiger partial charge in [-0.3, -0.25) is 9.59 Å². The second kappa shape index (κ2) is 6.89. The number of hydrogen-bond donors (Lipinski definition) is 2. The highest BCUT2D eigenvalue weighted by molar-refractivity contribution is 7.89. The van der Waals surface area contributed by atoms with Gasteiger partial charge in [-0.25, -0.2) is 12.7 Å². The molecule has 2 aromatic rings. The molecule has 2 N–H and O–H groups in total. The van der Waals surface area contributed by atoms with E-state index in [1.54, 1.807) is 36.4 Å². The molecule has 26 heavy (non-hydrogen) atoms. The molecule has 1 heterocycles. The molecule has 0 saturated heterocycles. The number of sulfonamides is 1. The van der Waals surface area contributed by atoms with Gasteiger partial charge in [0.2, 0.25) is 21.8 Å². The fourth-order valence-electron chi connectivity index (χ4n) is 2.82. The summed E-state index contributed by atoms with van der Waals surface area (Å²) in [5, 5.41) is 5.47. The second-order valence-electron chi connectivity index (χ2n) is 6.20. The molecule has 1 unspecified atom stereocenters. The molecular weight excluding hydrogens is 354 g/mol. The summed E-state index contributed by atoms with van der Waals surface area (Å²) < 4.78 is 25.6. The van der Waals surface area contributed by atoms with Gasteiger partial charge in [-0.15, -0.1) is 0 Å². The third-order valence-electron chi connectivity index (χ3n) is 4.20. The van der Waals surface area contributed by atoms with E-state index >= 15 is 0 Å². The van der Waals surface area contributed by atoms with Crippen LogP contribution in [0.25, 0.3) is 0 Å². The van der Waals surface area contributed by atoms with Crippen molar-refractivity contribution < 1.29 is 18.0 Å². The van der Waals surface area contributed by atoms with Crippen molar-refractivity contribution in [3.8, 4) is 0 Å². The molecule has 0 saturated carbocycles. The summed E-state index contributed by atoms with van der Waals surface area (Å²) in [6.45, 7) is 0. The largest absolute Gasteiger partial charge is 0.326 e. The molecule has 0 fully saturated rings. The molecule has 1 aliphatic heterocycles. The molecular formula is C18H19N3O4S. The number of hydrogen-bond acceptors (Lipinski definition) is 4. The fourth-order valence-corrected chi connectivity index (χ4v) is 3.77. The summed E-state index contributed by atoms with van der Waals surface area (Å²) in [5.74, 6) is -1.21. The summed E-state index contributed by atoms with van der Waals surface area (Å²) in [6.07, 6.45) is 0.0402. The average Bonchev–Trinajstić information content (AvgIpc) is 2.61. The molecule has 0 bridgehead atoms. The number of rotatable bonds is 4. The summed E-state index contributed by atoms with van der Waals surface area (Å²) in [4.78, 5) is 24.7. The minimum absolute atomic E-state index is 0.0402. The predicted octanol–water partition coefficient (Wildman–Crippen LogP) is 2.00. The summed E-state index contributed by atoms with van der Waals surface area (Å²) >= 11 is 0.